The Morgan fingerprint density at radius 2 is 2.12 bits per heavy atom. The number of aryl methyl sites for hydroxylation is 1. The Hall–Kier alpha value is -1.48. The summed E-state index contributed by atoms with van der Waals surface area (Å²) >= 11 is 6.14. The number of halogens is 1. The second-order valence-electron chi connectivity index (χ2n) is 4.01. The highest BCUT2D eigenvalue weighted by molar-refractivity contribution is 6.33. The maximum absolute atomic E-state index is 6.14. The number of hydrogen-bond donors (Lipinski definition) is 1. The quantitative estimate of drug-likeness (QED) is 0.900. The van der Waals surface area contributed by atoms with Gasteiger partial charge in [0, 0.05) is 12.1 Å². The lowest BCUT2D eigenvalue weighted by atomic mass is 10.1. The SMILES string of the molecule is CCCCn1cnc(-c2ccccc2Cl)c1N. The molecule has 0 unspecified atom stereocenters. The van der Waals surface area contributed by atoms with Crippen LogP contribution in [0.25, 0.3) is 11.3 Å². The molecule has 2 rings (SSSR count). The first-order chi connectivity index (χ1) is 8.24. The zero-order valence-corrected chi connectivity index (χ0v) is 10.6. The van der Waals surface area contributed by atoms with Gasteiger partial charge in [-0.25, -0.2) is 4.98 Å². The molecular formula is C13H16ClN3. The van der Waals surface area contributed by atoms with Crippen molar-refractivity contribution in [2.24, 2.45) is 0 Å². The smallest absolute Gasteiger partial charge is 0.131 e. The van der Waals surface area contributed by atoms with Crippen LogP contribution in [0.4, 0.5) is 5.82 Å². The fourth-order valence-corrected chi connectivity index (χ4v) is 1.98. The molecule has 0 spiro atoms. The molecular weight excluding hydrogens is 234 g/mol. The minimum absolute atomic E-state index is 0.681. The normalized spacial score (nSPS) is 10.7. The summed E-state index contributed by atoms with van der Waals surface area (Å²) in [7, 11) is 0. The van der Waals surface area contributed by atoms with Gasteiger partial charge in [0.25, 0.3) is 0 Å². The number of nitrogen functional groups attached to an aromatic ring is 1. The molecule has 0 fully saturated rings. The second-order valence-corrected chi connectivity index (χ2v) is 4.41. The molecule has 1 aromatic heterocycles. The largest absolute Gasteiger partial charge is 0.383 e. The van der Waals surface area contributed by atoms with Gasteiger partial charge >= 0.3 is 0 Å². The lowest BCUT2D eigenvalue weighted by Crippen LogP contribution is -2.02. The first-order valence-corrected chi connectivity index (χ1v) is 6.17. The van der Waals surface area contributed by atoms with Crippen LogP contribution in [-0.4, -0.2) is 9.55 Å². The van der Waals surface area contributed by atoms with Crippen molar-refractivity contribution in [3.8, 4) is 11.3 Å². The van der Waals surface area contributed by atoms with Crippen LogP contribution in [0.15, 0.2) is 30.6 Å². The number of anilines is 1. The number of nitrogens with two attached hydrogens (primary N) is 1. The molecule has 0 bridgehead atoms. The van der Waals surface area contributed by atoms with Crippen LogP contribution in [-0.2, 0) is 6.54 Å². The predicted octanol–water partition coefficient (Wildman–Crippen LogP) is 3.59. The molecule has 90 valence electrons. The van der Waals surface area contributed by atoms with E-state index < -0.39 is 0 Å². The van der Waals surface area contributed by atoms with Crippen LogP contribution in [0.1, 0.15) is 19.8 Å². The van der Waals surface area contributed by atoms with Crippen LogP contribution >= 0.6 is 11.6 Å². The predicted molar refractivity (Wildman–Crippen MR) is 72.0 cm³/mol. The third kappa shape index (κ3) is 2.44. The summed E-state index contributed by atoms with van der Waals surface area (Å²) in [6.45, 7) is 3.06. The molecule has 2 N–H and O–H groups in total. The average molecular weight is 250 g/mol. The first-order valence-electron chi connectivity index (χ1n) is 5.79. The lowest BCUT2D eigenvalue weighted by molar-refractivity contribution is 0.637. The molecule has 17 heavy (non-hydrogen) atoms. The molecule has 0 radical (unpaired) electrons. The zero-order valence-electron chi connectivity index (χ0n) is 9.86. The molecule has 0 amide bonds. The molecule has 0 aliphatic carbocycles. The van der Waals surface area contributed by atoms with E-state index in [0.717, 1.165) is 30.6 Å². The molecule has 4 heteroatoms. The number of unbranched alkanes of at least 4 members (excludes halogenated alkanes) is 1. The van der Waals surface area contributed by atoms with E-state index >= 15 is 0 Å². The summed E-state index contributed by atoms with van der Waals surface area (Å²) in [6.07, 6.45) is 4.02. The van der Waals surface area contributed by atoms with Gasteiger partial charge in [-0.1, -0.05) is 43.1 Å². The number of imidazole rings is 1. The van der Waals surface area contributed by atoms with Crippen LogP contribution in [0, 0.1) is 0 Å². The third-order valence-corrected chi connectivity index (χ3v) is 3.09. The van der Waals surface area contributed by atoms with E-state index in [9.17, 15) is 0 Å². The minimum Gasteiger partial charge on any atom is -0.383 e. The van der Waals surface area contributed by atoms with Gasteiger partial charge in [-0.3, -0.25) is 0 Å². The second kappa shape index (κ2) is 5.23. The molecule has 0 saturated carbocycles. The van der Waals surface area contributed by atoms with Gasteiger partial charge in [-0.05, 0) is 12.5 Å². The maximum Gasteiger partial charge on any atom is 0.131 e. The number of nitrogens with zero attached hydrogens (tertiary/aromatic N) is 2. The molecule has 3 nitrogen and oxygen atoms in total. The van der Waals surface area contributed by atoms with E-state index in [1.165, 1.54) is 0 Å². The highest BCUT2D eigenvalue weighted by Crippen LogP contribution is 2.30. The van der Waals surface area contributed by atoms with Crippen molar-refractivity contribution in [3.63, 3.8) is 0 Å². The molecule has 2 aromatic rings. The van der Waals surface area contributed by atoms with Crippen molar-refractivity contribution in [2.75, 3.05) is 5.73 Å². The van der Waals surface area contributed by atoms with E-state index in [2.05, 4.69) is 11.9 Å². The Morgan fingerprint density at radius 1 is 1.35 bits per heavy atom. The third-order valence-electron chi connectivity index (χ3n) is 2.76. The number of hydrogen-bond acceptors (Lipinski definition) is 2. The highest BCUT2D eigenvalue weighted by atomic mass is 35.5. The summed E-state index contributed by atoms with van der Waals surface area (Å²) in [5, 5.41) is 0.681. The van der Waals surface area contributed by atoms with Crippen molar-refractivity contribution < 1.29 is 0 Å². The summed E-state index contributed by atoms with van der Waals surface area (Å²) in [5.41, 5.74) is 7.75. The Morgan fingerprint density at radius 3 is 2.82 bits per heavy atom. The molecule has 0 atom stereocenters. The van der Waals surface area contributed by atoms with E-state index in [-0.39, 0.29) is 0 Å². The molecule has 1 aromatic carbocycles. The molecule has 0 aliphatic rings. The fraction of sp³-hybridized carbons (Fsp3) is 0.308. The molecule has 0 aliphatic heterocycles. The fourth-order valence-electron chi connectivity index (χ4n) is 1.76. The van der Waals surface area contributed by atoms with E-state index in [0.29, 0.717) is 10.8 Å². The standard InChI is InChI=1S/C13H16ClN3/c1-2-3-8-17-9-16-12(13(17)15)10-6-4-5-7-11(10)14/h4-7,9H,2-3,8,15H2,1H3. The van der Waals surface area contributed by atoms with Crippen LogP contribution in [0.3, 0.4) is 0 Å². The van der Waals surface area contributed by atoms with Gasteiger partial charge in [-0.2, -0.15) is 0 Å². The Labute approximate surface area is 106 Å². The van der Waals surface area contributed by atoms with Crippen molar-refractivity contribution >= 4 is 17.4 Å². The van der Waals surface area contributed by atoms with Gasteiger partial charge in [0.05, 0.1) is 11.3 Å². The Kier molecular flexibility index (Phi) is 3.69. The van der Waals surface area contributed by atoms with E-state index in [1.54, 1.807) is 6.33 Å². The van der Waals surface area contributed by atoms with Crippen LogP contribution in [0.5, 0.6) is 0 Å². The van der Waals surface area contributed by atoms with Crippen LogP contribution in [0.2, 0.25) is 5.02 Å². The summed E-state index contributed by atoms with van der Waals surface area (Å²) in [6, 6.07) is 7.62. The van der Waals surface area contributed by atoms with E-state index in [1.807, 2.05) is 28.8 Å². The Bertz CT molecular complexity index is 505. The lowest BCUT2D eigenvalue weighted by Gasteiger charge is -2.05. The summed E-state index contributed by atoms with van der Waals surface area (Å²) in [4.78, 5) is 4.35. The molecule has 1 heterocycles. The van der Waals surface area contributed by atoms with Gasteiger partial charge in [0.15, 0.2) is 0 Å². The average Bonchev–Trinajstić information content (AvgIpc) is 2.69. The van der Waals surface area contributed by atoms with Crippen molar-refractivity contribution in [3.05, 3.63) is 35.6 Å². The van der Waals surface area contributed by atoms with Gasteiger partial charge in [0.1, 0.15) is 11.5 Å². The van der Waals surface area contributed by atoms with Crippen molar-refractivity contribution in [1.82, 2.24) is 9.55 Å². The van der Waals surface area contributed by atoms with Crippen molar-refractivity contribution in [1.29, 1.82) is 0 Å². The number of aromatic nitrogens is 2. The topological polar surface area (TPSA) is 43.8 Å². The van der Waals surface area contributed by atoms with Crippen molar-refractivity contribution in [2.45, 2.75) is 26.3 Å². The monoisotopic (exact) mass is 249 g/mol. The summed E-state index contributed by atoms with van der Waals surface area (Å²) in [5.74, 6) is 0.687. The highest BCUT2D eigenvalue weighted by Gasteiger charge is 2.11. The minimum atomic E-state index is 0.681. The summed E-state index contributed by atoms with van der Waals surface area (Å²) < 4.78 is 1.97. The van der Waals surface area contributed by atoms with E-state index in [4.69, 9.17) is 17.3 Å². The first kappa shape index (κ1) is 12.0. The van der Waals surface area contributed by atoms with Gasteiger partial charge < -0.3 is 10.3 Å². The van der Waals surface area contributed by atoms with Gasteiger partial charge in [0.2, 0.25) is 0 Å². The maximum atomic E-state index is 6.14. The van der Waals surface area contributed by atoms with Gasteiger partial charge in [-0.15, -0.1) is 0 Å². The number of benzene rings is 1. The van der Waals surface area contributed by atoms with Crippen LogP contribution < -0.4 is 5.73 Å². The zero-order chi connectivity index (χ0) is 12.3. The molecule has 0 saturated heterocycles. The number of rotatable bonds is 4. The Balaban J connectivity index is 2.34.